The van der Waals surface area contributed by atoms with E-state index in [1.54, 1.807) is 6.07 Å². The number of aryl methyl sites for hydroxylation is 3. The van der Waals surface area contributed by atoms with Crippen molar-refractivity contribution in [3.05, 3.63) is 28.8 Å². The predicted molar refractivity (Wildman–Crippen MR) is 71.2 cm³/mol. The highest BCUT2D eigenvalue weighted by Gasteiger charge is 2.09. The Morgan fingerprint density at radius 2 is 2.00 bits per heavy atom. The molecule has 0 atom stereocenters. The van der Waals surface area contributed by atoms with Crippen molar-refractivity contribution in [1.29, 1.82) is 0 Å². The summed E-state index contributed by atoms with van der Waals surface area (Å²) in [6.07, 6.45) is 0. The van der Waals surface area contributed by atoms with Crippen LogP contribution in [0.25, 0.3) is 0 Å². The summed E-state index contributed by atoms with van der Waals surface area (Å²) in [5.41, 5.74) is 9.05. The summed E-state index contributed by atoms with van der Waals surface area (Å²) in [5, 5.41) is 7.63. The first-order valence-electron chi connectivity index (χ1n) is 5.81. The number of aromatic nitrogens is 4. The van der Waals surface area contributed by atoms with Gasteiger partial charge in [0.2, 0.25) is 0 Å². The van der Waals surface area contributed by atoms with Crippen molar-refractivity contribution in [2.45, 2.75) is 27.3 Å². The number of nitrogens with zero attached hydrogens (tertiary/aromatic N) is 4. The van der Waals surface area contributed by atoms with Gasteiger partial charge in [0.1, 0.15) is 17.5 Å². The van der Waals surface area contributed by atoms with E-state index in [0.29, 0.717) is 18.2 Å². The number of hydrogen-bond donors (Lipinski definition) is 2. The molecule has 6 heteroatoms. The standard InChI is InChI=1S/C12H18N6/c1-7-10(8(2)18(4)17-7)6-14-12-5-11(13)15-9(3)16-12/h5H,6H2,1-4H3,(H3,13,14,15,16). The first-order chi connectivity index (χ1) is 8.47. The van der Waals surface area contributed by atoms with Gasteiger partial charge in [-0.25, -0.2) is 9.97 Å². The monoisotopic (exact) mass is 246 g/mol. The molecule has 2 rings (SSSR count). The van der Waals surface area contributed by atoms with Crippen molar-refractivity contribution >= 4 is 11.6 Å². The van der Waals surface area contributed by atoms with E-state index in [-0.39, 0.29) is 0 Å². The van der Waals surface area contributed by atoms with Crippen molar-refractivity contribution in [2.24, 2.45) is 7.05 Å². The maximum Gasteiger partial charge on any atom is 0.132 e. The molecule has 96 valence electrons. The van der Waals surface area contributed by atoms with Crippen LogP contribution in [0.2, 0.25) is 0 Å². The van der Waals surface area contributed by atoms with E-state index in [0.717, 1.165) is 17.2 Å². The lowest BCUT2D eigenvalue weighted by molar-refractivity contribution is 0.730. The van der Waals surface area contributed by atoms with Crippen LogP contribution in [0.15, 0.2) is 6.07 Å². The Morgan fingerprint density at radius 1 is 1.28 bits per heavy atom. The fraction of sp³-hybridized carbons (Fsp3) is 0.417. The second-order valence-electron chi connectivity index (χ2n) is 4.35. The molecule has 2 aromatic rings. The number of nitrogen functional groups attached to an aromatic ring is 1. The van der Waals surface area contributed by atoms with E-state index in [9.17, 15) is 0 Å². The molecule has 0 aliphatic heterocycles. The third kappa shape index (κ3) is 2.42. The average Bonchev–Trinajstić information content (AvgIpc) is 2.50. The number of nitrogens with two attached hydrogens (primary N) is 1. The summed E-state index contributed by atoms with van der Waals surface area (Å²) < 4.78 is 1.88. The number of nitrogens with one attached hydrogen (secondary N) is 1. The smallest absolute Gasteiger partial charge is 0.132 e. The predicted octanol–water partition coefficient (Wildman–Crippen LogP) is 1.33. The van der Waals surface area contributed by atoms with Crippen molar-refractivity contribution in [2.75, 3.05) is 11.1 Å². The van der Waals surface area contributed by atoms with Gasteiger partial charge in [-0.1, -0.05) is 0 Å². The average molecular weight is 246 g/mol. The lowest BCUT2D eigenvalue weighted by atomic mass is 10.2. The topological polar surface area (TPSA) is 81.6 Å². The highest BCUT2D eigenvalue weighted by Crippen LogP contribution is 2.15. The van der Waals surface area contributed by atoms with Crippen LogP contribution in [0.3, 0.4) is 0 Å². The highest BCUT2D eigenvalue weighted by atomic mass is 15.3. The van der Waals surface area contributed by atoms with E-state index in [1.165, 1.54) is 5.56 Å². The molecule has 0 unspecified atom stereocenters. The molecule has 0 bridgehead atoms. The zero-order valence-corrected chi connectivity index (χ0v) is 11.2. The Balaban J connectivity index is 2.16. The Kier molecular flexibility index (Phi) is 3.18. The van der Waals surface area contributed by atoms with E-state index in [4.69, 9.17) is 5.73 Å². The van der Waals surface area contributed by atoms with Crippen molar-refractivity contribution < 1.29 is 0 Å². The molecule has 0 saturated carbocycles. The Labute approximate surface area is 106 Å². The zero-order valence-electron chi connectivity index (χ0n) is 11.2. The molecule has 0 amide bonds. The zero-order chi connectivity index (χ0) is 13.3. The molecule has 0 radical (unpaired) electrons. The van der Waals surface area contributed by atoms with Crippen LogP contribution in [-0.4, -0.2) is 19.7 Å². The van der Waals surface area contributed by atoms with Gasteiger partial charge in [0, 0.05) is 30.9 Å². The van der Waals surface area contributed by atoms with Crippen LogP contribution in [0.4, 0.5) is 11.6 Å². The van der Waals surface area contributed by atoms with Gasteiger partial charge in [0.25, 0.3) is 0 Å². The molecule has 0 fully saturated rings. The van der Waals surface area contributed by atoms with E-state index < -0.39 is 0 Å². The van der Waals surface area contributed by atoms with Crippen LogP contribution in [-0.2, 0) is 13.6 Å². The third-order valence-corrected chi connectivity index (χ3v) is 2.96. The van der Waals surface area contributed by atoms with Gasteiger partial charge in [0.05, 0.1) is 5.69 Å². The highest BCUT2D eigenvalue weighted by molar-refractivity contribution is 5.45. The summed E-state index contributed by atoms with van der Waals surface area (Å²) in [4.78, 5) is 8.32. The van der Waals surface area contributed by atoms with E-state index in [2.05, 4.69) is 27.3 Å². The molecular formula is C12H18N6. The van der Waals surface area contributed by atoms with Crippen LogP contribution in [0.1, 0.15) is 22.8 Å². The minimum atomic E-state index is 0.477. The molecular weight excluding hydrogens is 228 g/mol. The largest absolute Gasteiger partial charge is 0.384 e. The van der Waals surface area contributed by atoms with E-state index in [1.807, 2.05) is 25.6 Å². The number of anilines is 2. The van der Waals surface area contributed by atoms with Gasteiger partial charge in [-0.2, -0.15) is 5.10 Å². The number of hydrogen-bond acceptors (Lipinski definition) is 5. The van der Waals surface area contributed by atoms with Crippen molar-refractivity contribution in [3.63, 3.8) is 0 Å². The molecule has 3 N–H and O–H groups in total. The van der Waals surface area contributed by atoms with Crippen LogP contribution in [0.5, 0.6) is 0 Å². The fourth-order valence-corrected chi connectivity index (χ4v) is 1.93. The summed E-state index contributed by atoms with van der Waals surface area (Å²) >= 11 is 0. The maximum atomic E-state index is 5.68. The molecule has 0 spiro atoms. The molecule has 2 heterocycles. The van der Waals surface area contributed by atoms with Crippen LogP contribution < -0.4 is 11.1 Å². The summed E-state index contributed by atoms with van der Waals surface area (Å²) in [5.74, 6) is 1.88. The molecule has 0 saturated heterocycles. The first-order valence-corrected chi connectivity index (χ1v) is 5.81. The van der Waals surface area contributed by atoms with Gasteiger partial charge >= 0.3 is 0 Å². The number of rotatable bonds is 3. The molecule has 0 aliphatic rings. The second kappa shape index (κ2) is 4.64. The molecule has 0 aliphatic carbocycles. The van der Waals surface area contributed by atoms with Gasteiger partial charge < -0.3 is 11.1 Å². The van der Waals surface area contributed by atoms with E-state index >= 15 is 0 Å². The Morgan fingerprint density at radius 3 is 2.56 bits per heavy atom. The van der Waals surface area contributed by atoms with Crippen LogP contribution in [0, 0.1) is 20.8 Å². The summed E-state index contributed by atoms with van der Waals surface area (Å²) in [6, 6.07) is 1.73. The maximum absolute atomic E-state index is 5.68. The Hall–Kier alpha value is -2.11. The molecule has 6 nitrogen and oxygen atoms in total. The molecule has 0 aromatic carbocycles. The summed E-state index contributed by atoms with van der Waals surface area (Å²) in [6.45, 7) is 6.56. The lowest BCUT2D eigenvalue weighted by Gasteiger charge is -2.07. The molecule has 2 aromatic heterocycles. The van der Waals surface area contributed by atoms with Gasteiger partial charge in [-0.3, -0.25) is 4.68 Å². The van der Waals surface area contributed by atoms with Gasteiger partial charge in [-0.05, 0) is 20.8 Å². The first kappa shape index (κ1) is 12.3. The SMILES string of the molecule is Cc1nc(N)cc(NCc2c(C)nn(C)c2C)n1. The van der Waals surface area contributed by atoms with Crippen molar-refractivity contribution in [3.8, 4) is 0 Å². The second-order valence-corrected chi connectivity index (χ2v) is 4.35. The van der Waals surface area contributed by atoms with Crippen LogP contribution >= 0.6 is 0 Å². The summed E-state index contributed by atoms with van der Waals surface area (Å²) in [7, 11) is 1.94. The fourth-order valence-electron chi connectivity index (χ4n) is 1.93. The molecule has 18 heavy (non-hydrogen) atoms. The lowest BCUT2D eigenvalue weighted by Crippen LogP contribution is -2.06. The third-order valence-electron chi connectivity index (χ3n) is 2.96. The minimum Gasteiger partial charge on any atom is -0.384 e. The Bertz CT molecular complexity index is 552. The van der Waals surface area contributed by atoms with Gasteiger partial charge in [0.15, 0.2) is 0 Å². The van der Waals surface area contributed by atoms with Gasteiger partial charge in [-0.15, -0.1) is 0 Å². The quantitative estimate of drug-likeness (QED) is 0.853. The minimum absolute atomic E-state index is 0.477. The van der Waals surface area contributed by atoms with Crippen molar-refractivity contribution in [1.82, 2.24) is 19.7 Å². The normalized spacial score (nSPS) is 10.7.